The molecule has 3 aromatic rings. The molecule has 6 heteroatoms. The quantitative estimate of drug-likeness (QED) is 0.571. The molecule has 2 aromatic carbocycles. The molecule has 0 aliphatic carbocycles. The Bertz CT molecular complexity index is 996. The Hall–Kier alpha value is -2.28. The largest absolute Gasteiger partial charge is 0.379 e. The van der Waals surface area contributed by atoms with E-state index in [9.17, 15) is 4.79 Å². The van der Waals surface area contributed by atoms with Crippen molar-refractivity contribution in [3.05, 3.63) is 59.2 Å². The highest BCUT2D eigenvalue weighted by molar-refractivity contribution is 7.22. The van der Waals surface area contributed by atoms with Gasteiger partial charge in [0.1, 0.15) is 0 Å². The zero-order valence-electron chi connectivity index (χ0n) is 17.8. The fourth-order valence-electron chi connectivity index (χ4n) is 3.75. The number of fused-ring (bicyclic) bond motifs is 1. The average Bonchev–Trinajstić information content (AvgIpc) is 3.21. The van der Waals surface area contributed by atoms with Crippen LogP contribution in [0.3, 0.4) is 0 Å². The van der Waals surface area contributed by atoms with Gasteiger partial charge in [0, 0.05) is 32.6 Å². The minimum Gasteiger partial charge on any atom is -0.379 e. The predicted molar refractivity (Wildman–Crippen MR) is 123 cm³/mol. The normalized spacial score (nSPS) is 14.9. The predicted octanol–water partition coefficient (Wildman–Crippen LogP) is 4.21. The lowest BCUT2D eigenvalue weighted by Crippen LogP contribution is -2.43. The Morgan fingerprint density at radius 1 is 1.13 bits per heavy atom. The number of morpholine rings is 1. The van der Waals surface area contributed by atoms with Gasteiger partial charge in [-0.05, 0) is 43.0 Å². The van der Waals surface area contributed by atoms with E-state index in [1.165, 1.54) is 16.7 Å². The number of carbonyl (C=O) groups excluding carboxylic acids is 1. The monoisotopic (exact) mass is 423 g/mol. The van der Waals surface area contributed by atoms with Gasteiger partial charge in [-0.25, -0.2) is 4.98 Å². The number of amides is 1. The number of hydrogen-bond donors (Lipinski definition) is 0. The lowest BCUT2D eigenvalue weighted by atomic mass is 10.1. The molecule has 1 aliphatic rings. The minimum absolute atomic E-state index is 0.139. The molecule has 0 unspecified atom stereocenters. The van der Waals surface area contributed by atoms with E-state index < -0.39 is 0 Å². The highest BCUT2D eigenvalue weighted by Gasteiger charge is 2.22. The van der Waals surface area contributed by atoms with Crippen molar-refractivity contribution in [2.45, 2.75) is 26.7 Å². The molecule has 0 saturated carbocycles. The molecule has 0 N–H and O–H groups in total. The second-order valence-electron chi connectivity index (χ2n) is 7.84. The molecule has 158 valence electrons. The lowest BCUT2D eigenvalue weighted by molar-refractivity contribution is -0.118. The highest BCUT2D eigenvalue weighted by atomic mass is 32.1. The van der Waals surface area contributed by atoms with Crippen molar-refractivity contribution in [2.75, 3.05) is 44.3 Å². The summed E-state index contributed by atoms with van der Waals surface area (Å²) in [5, 5.41) is 0.810. The number of thiazole rings is 1. The first-order valence-corrected chi connectivity index (χ1v) is 11.4. The number of carbonyl (C=O) groups is 1. The smallest absolute Gasteiger partial charge is 0.229 e. The summed E-state index contributed by atoms with van der Waals surface area (Å²) in [5.74, 6) is 0.139. The Labute approximate surface area is 182 Å². The Balaban J connectivity index is 1.54. The van der Waals surface area contributed by atoms with Gasteiger partial charge in [0.25, 0.3) is 0 Å². The number of aromatic nitrogens is 1. The zero-order valence-corrected chi connectivity index (χ0v) is 18.6. The van der Waals surface area contributed by atoms with E-state index in [0.717, 1.165) is 54.6 Å². The van der Waals surface area contributed by atoms with Crippen LogP contribution in [-0.4, -0.2) is 55.2 Å². The first-order valence-electron chi connectivity index (χ1n) is 10.6. The van der Waals surface area contributed by atoms with Crippen LogP contribution in [-0.2, 0) is 16.0 Å². The summed E-state index contributed by atoms with van der Waals surface area (Å²) in [5.41, 5.74) is 4.63. The van der Waals surface area contributed by atoms with Crippen LogP contribution in [0.5, 0.6) is 0 Å². The summed E-state index contributed by atoms with van der Waals surface area (Å²) in [6.45, 7) is 9.09. The van der Waals surface area contributed by atoms with Crippen molar-refractivity contribution >= 4 is 32.6 Å². The molecular formula is C24H29N3O2S. The fraction of sp³-hybridized carbons (Fsp3) is 0.417. The van der Waals surface area contributed by atoms with Crippen LogP contribution >= 0.6 is 11.3 Å². The third-order valence-corrected chi connectivity index (χ3v) is 6.86. The maximum absolute atomic E-state index is 13.3. The standard InChI is InChI=1S/C24H29N3O2S/c1-18-8-10-21-23(19(18)2)25-24(30-21)27(13-12-26-14-16-29-17-15-26)22(28)11-9-20-6-4-3-5-7-20/h3-8,10H,9,11-17H2,1-2H3. The Morgan fingerprint density at radius 2 is 1.90 bits per heavy atom. The molecule has 30 heavy (non-hydrogen) atoms. The van der Waals surface area contributed by atoms with Crippen molar-refractivity contribution in [1.29, 1.82) is 0 Å². The van der Waals surface area contributed by atoms with Crippen LogP contribution in [0.4, 0.5) is 5.13 Å². The molecule has 2 heterocycles. The van der Waals surface area contributed by atoms with Gasteiger partial charge in [-0.2, -0.15) is 0 Å². The van der Waals surface area contributed by atoms with Gasteiger partial charge in [0.15, 0.2) is 5.13 Å². The first-order chi connectivity index (χ1) is 14.6. The van der Waals surface area contributed by atoms with Crippen LogP contribution in [0.2, 0.25) is 0 Å². The molecule has 1 aliphatic heterocycles. The molecule has 0 atom stereocenters. The van der Waals surface area contributed by atoms with Gasteiger partial charge >= 0.3 is 0 Å². The van der Waals surface area contributed by atoms with Gasteiger partial charge in [-0.15, -0.1) is 0 Å². The maximum atomic E-state index is 13.3. The molecule has 1 amide bonds. The van der Waals surface area contributed by atoms with E-state index in [-0.39, 0.29) is 5.91 Å². The van der Waals surface area contributed by atoms with Gasteiger partial charge in [-0.3, -0.25) is 14.6 Å². The van der Waals surface area contributed by atoms with Crippen molar-refractivity contribution in [2.24, 2.45) is 0 Å². The van der Waals surface area contributed by atoms with Crippen LogP contribution in [0.15, 0.2) is 42.5 Å². The zero-order chi connectivity index (χ0) is 20.9. The number of benzene rings is 2. The van der Waals surface area contributed by atoms with Gasteiger partial charge in [-0.1, -0.05) is 47.7 Å². The number of aryl methyl sites for hydroxylation is 3. The van der Waals surface area contributed by atoms with Crippen molar-refractivity contribution in [3.63, 3.8) is 0 Å². The van der Waals surface area contributed by atoms with Crippen molar-refractivity contribution < 1.29 is 9.53 Å². The Morgan fingerprint density at radius 3 is 2.67 bits per heavy atom. The molecule has 1 saturated heterocycles. The van der Waals surface area contributed by atoms with Crippen molar-refractivity contribution in [3.8, 4) is 0 Å². The van der Waals surface area contributed by atoms with E-state index in [4.69, 9.17) is 9.72 Å². The summed E-state index contributed by atoms with van der Waals surface area (Å²) < 4.78 is 6.60. The first kappa shape index (κ1) is 21.0. The number of rotatable bonds is 7. The van der Waals surface area contributed by atoms with Crippen LogP contribution in [0.1, 0.15) is 23.1 Å². The van der Waals surface area contributed by atoms with E-state index >= 15 is 0 Å². The summed E-state index contributed by atoms with van der Waals surface area (Å²) in [7, 11) is 0. The maximum Gasteiger partial charge on any atom is 0.229 e. The summed E-state index contributed by atoms with van der Waals surface area (Å²) in [6.07, 6.45) is 1.23. The second-order valence-corrected chi connectivity index (χ2v) is 8.84. The van der Waals surface area contributed by atoms with E-state index in [1.807, 2.05) is 23.1 Å². The summed E-state index contributed by atoms with van der Waals surface area (Å²) in [4.78, 5) is 22.4. The topological polar surface area (TPSA) is 45.7 Å². The molecule has 0 spiro atoms. The number of hydrogen-bond acceptors (Lipinski definition) is 5. The van der Waals surface area contributed by atoms with E-state index in [2.05, 4.69) is 43.0 Å². The lowest BCUT2D eigenvalue weighted by Gasteiger charge is -2.29. The fourth-order valence-corrected chi connectivity index (χ4v) is 4.82. The Kier molecular flexibility index (Phi) is 6.77. The second kappa shape index (κ2) is 9.69. The minimum atomic E-state index is 0.139. The van der Waals surface area contributed by atoms with Crippen LogP contribution < -0.4 is 4.90 Å². The molecular weight excluding hydrogens is 394 g/mol. The van der Waals surface area contributed by atoms with E-state index in [0.29, 0.717) is 13.0 Å². The van der Waals surface area contributed by atoms with E-state index in [1.54, 1.807) is 11.3 Å². The number of nitrogens with zero attached hydrogens (tertiary/aromatic N) is 3. The van der Waals surface area contributed by atoms with Gasteiger partial charge in [0.05, 0.1) is 23.4 Å². The molecule has 0 radical (unpaired) electrons. The van der Waals surface area contributed by atoms with Gasteiger partial charge in [0.2, 0.25) is 5.91 Å². The SMILES string of the molecule is Cc1ccc2sc(N(CCN3CCOCC3)C(=O)CCc3ccccc3)nc2c1C. The van der Waals surface area contributed by atoms with Gasteiger partial charge < -0.3 is 4.74 Å². The van der Waals surface area contributed by atoms with Crippen LogP contribution in [0.25, 0.3) is 10.2 Å². The highest BCUT2D eigenvalue weighted by Crippen LogP contribution is 2.32. The average molecular weight is 424 g/mol. The molecule has 1 aromatic heterocycles. The summed E-state index contributed by atoms with van der Waals surface area (Å²) in [6, 6.07) is 14.5. The third kappa shape index (κ3) is 4.89. The number of ether oxygens (including phenoxy) is 1. The molecule has 5 nitrogen and oxygen atoms in total. The molecule has 1 fully saturated rings. The number of anilines is 1. The van der Waals surface area contributed by atoms with Crippen LogP contribution in [0, 0.1) is 13.8 Å². The van der Waals surface area contributed by atoms with Crippen molar-refractivity contribution in [1.82, 2.24) is 9.88 Å². The summed E-state index contributed by atoms with van der Waals surface area (Å²) >= 11 is 1.62. The third-order valence-electron chi connectivity index (χ3n) is 5.82. The molecule has 4 rings (SSSR count). The molecule has 0 bridgehead atoms.